The summed E-state index contributed by atoms with van der Waals surface area (Å²) in [5.41, 5.74) is 6.13. The van der Waals surface area contributed by atoms with Crippen LogP contribution in [0.25, 0.3) is 0 Å². The Kier molecular flexibility index (Phi) is 4.51. The van der Waals surface area contributed by atoms with Crippen molar-refractivity contribution in [3.8, 4) is 0 Å². The first-order chi connectivity index (χ1) is 13.1. The summed E-state index contributed by atoms with van der Waals surface area (Å²) in [5.74, 6) is 0.127. The summed E-state index contributed by atoms with van der Waals surface area (Å²) in [6.07, 6.45) is 5.41. The van der Waals surface area contributed by atoms with Crippen molar-refractivity contribution in [2.75, 3.05) is 6.54 Å². The first-order valence-corrected chi connectivity index (χ1v) is 9.28. The second-order valence-electron chi connectivity index (χ2n) is 7.03. The smallest absolute Gasteiger partial charge is 0.223 e. The van der Waals surface area contributed by atoms with Crippen molar-refractivity contribution in [2.24, 2.45) is 7.05 Å². The molecule has 1 aliphatic rings. The highest BCUT2D eigenvalue weighted by molar-refractivity contribution is 5.78. The van der Waals surface area contributed by atoms with Crippen molar-refractivity contribution in [3.05, 3.63) is 64.8 Å². The number of pyridine rings is 1. The fraction of sp³-hybridized carbons (Fsp3) is 0.400. The maximum Gasteiger partial charge on any atom is 0.223 e. The Morgan fingerprint density at radius 2 is 2.15 bits per heavy atom. The number of amides is 1. The molecule has 27 heavy (non-hydrogen) atoms. The first-order valence-electron chi connectivity index (χ1n) is 9.28. The predicted molar refractivity (Wildman–Crippen MR) is 101 cm³/mol. The molecule has 4 rings (SSSR count). The van der Waals surface area contributed by atoms with Crippen LogP contribution in [0.4, 0.5) is 0 Å². The quantitative estimate of drug-likeness (QED) is 0.770. The van der Waals surface area contributed by atoms with Crippen LogP contribution in [0.3, 0.4) is 0 Å². The molecule has 0 aromatic carbocycles. The third-order valence-electron chi connectivity index (χ3n) is 5.46. The fourth-order valence-electron chi connectivity index (χ4n) is 3.94. The van der Waals surface area contributed by atoms with Crippen molar-refractivity contribution in [3.63, 3.8) is 0 Å². The number of nitrogens with one attached hydrogen (secondary N) is 1. The van der Waals surface area contributed by atoms with Gasteiger partial charge in [0.1, 0.15) is 6.04 Å². The molecule has 1 amide bonds. The van der Waals surface area contributed by atoms with Gasteiger partial charge in [-0.2, -0.15) is 5.10 Å². The Bertz CT molecular complexity index is 958. The van der Waals surface area contributed by atoms with E-state index < -0.39 is 0 Å². The van der Waals surface area contributed by atoms with Gasteiger partial charge in [0.15, 0.2) is 0 Å². The number of fused-ring (bicyclic) bond motifs is 1. The van der Waals surface area contributed by atoms with Crippen LogP contribution in [-0.2, 0) is 24.7 Å². The molecule has 3 aromatic heterocycles. The molecular formula is C20H24N6O. The highest BCUT2D eigenvalue weighted by Crippen LogP contribution is 2.32. The number of aryl methyl sites for hydroxylation is 2. The molecule has 0 saturated heterocycles. The Hall–Kier alpha value is -2.96. The number of carbonyl (C=O) groups excluding carboxylic acids is 1. The zero-order valence-corrected chi connectivity index (χ0v) is 15.9. The van der Waals surface area contributed by atoms with Crippen LogP contribution >= 0.6 is 0 Å². The Morgan fingerprint density at radius 1 is 1.30 bits per heavy atom. The average molecular weight is 364 g/mol. The van der Waals surface area contributed by atoms with Gasteiger partial charge in [-0.05, 0) is 38.0 Å². The molecule has 0 spiro atoms. The van der Waals surface area contributed by atoms with Crippen molar-refractivity contribution in [1.82, 2.24) is 29.6 Å². The first kappa shape index (κ1) is 17.5. The fourth-order valence-corrected chi connectivity index (χ4v) is 3.94. The minimum absolute atomic E-state index is 0.127. The summed E-state index contributed by atoms with van der Waals surface area (Å²) >= 11 is 0. The van der Waals surface area contributed by atoms with Gasteiger partial charge in [0.05, 0.1) is 23.4 Å². The molecule has 3 aromatic rings. The number of imidazole rings is 1. The molecule has 0 bridgehead atoms. The number of hydrogen-bond donors (Lipinski definition) is 1. The second-order valence-corrected chi connectivity index (χ2v) is 7.03. The van der Waals surface area contributed by atoms with Crippen molar-refractivity contribution in [2.45, 2.75) is 39.2 Å². The van der Waals surface area contributed by atoms with Crippen molar-refractivity contribution in [1.29, 1.82) is 0 Å². The highest BCUT2D eigenvalue weighted by atomic mass is 16.2. The van der Waals surface area contributed by atoms with E-state index in [0.717, 1.165) is 40.5 Å². The molecule has 140 valence electrons. The molecule has 4 heterocycles. The lowest BCUT2D eigenvalue weighted by atomic mass is 9.98. The molecule has 1 N–H and O–H groups in total. The summed E-state index contributed by atoms with van der Waals surface area (Å²) in [5, 5.41) is 4.45. The van der Waals surface area contributed by atoms with Crippen molar-refractivity contribution >= 4 is 5.91 Å². The summed E-state index contributed by atoms with van der Waals surface area (Å²) in [7, 11) is 1.94. The molecule has 0 aliphatic carbocycles. The second kappa shape index (κ2) is 6.98. The summed E-state index contributed by atoms with van der Waals surface area (Å²) in [6, 6.07) is 5.57. The minimum atomic E-state index is -0.232. The normalized spacial score (nSPS) is 16.4. The highest BCUT2D eigenvalue weighted by Gasteiger charge is 2.34. The van der Waals surface area contributed by atoms with Crippen LogP contribution in [-0.4, -0.2) is 42.1 Å². The zero-order chi connectivity index (χ0) is 19.0. The number of rotatable bonds is 4. The predicted octanol–water partition coefficient (Wildman–Crippen LogP) is 2.26. The molecule has 0 fully saturated rings. The van der Waals surface area contributed by atoms with Gasteiger partial charge in [0, 0.05) is 44.0 Å². The van der Waals surface area contributed by atoms with Crippen LogP contribution in [0.1, 0.15) is 46.5 Å². The third kappa shape index (κ3) is 3.13. The van der Waals surface area contributed by atoms with Gasteiger partial charge in [-0.1, -0.05) is 6.07 Å². The standard InChI is InChI=1S/C20H24N6O/c1-13-15(14(2)25(3)24-13)7-8-18(27)26-11-9-16-19(23-12-22-16)20(26)17-6-4-5-10-21-17/h4-6,10,12,20H,7-9,11H2,1-3H3,(H,22,23). The molecule has 1 aliphatic heterocycles. The largest absolute Gasteiger partial charge is 0.348 e. The number of carbonyl (C=O) groups is 1. The monoisotopic (exact) mass is 364 g/mol. The van der Waals surface area contributed by atoms with E-state index in [2.05, 4.69) is 20.1 Å². The average Bonchev–Trinajstić information content (AvgIpc) is 3.24. The SMILES string of the molecule is Cc1nn(C)c(C)c1CCC(=O)N1CCc2[nH]cnc2C1c1ccccn1. The van der Waals surface area contributed by atoms with Crippen LogP contribution in [0, 0.1) is 13.8 Å². The van der Waals surface area contributed by atoms with Gasteiger partial charge in [-0.15, -0.1) is 0 Å². The van der Waals surface area contributed by atoms with E-state index in [4.69, 9.17) is 0 Å². The van der Waals surface area contributed by atoms with Gasteiger partial charge in [0.25, 0.3) is 0 Å². The van der Waals surface area contributed by atoms with Crippen LogP contribution in [0.5, 0.6) is 0 Å². The molecule has 7 heteroatoms. The van der Waals surface area contributed by atoms with Crippen molar-refractivity contribution < 1.29 is 4.79 Å². The summed E-state index contributed by atoms with van der Waals surface area (Å²) in [6.45, 7) is 4.72. The van der Waals surface area contributed by atoms with E-state index in [-0.39, 0.29) is 11.9 Å². The molecule has 1 unspecified atom stereocenters. The maximum absolute atomic E-state index is 13.1. The Balaban J connectivity index is 1.59. The van der Waals surface area contributed by atoms with Gasteiger partial charge in [-0.25, -0.2) is 4.98 Å². The molecular weight excluding hydrogens is 340 g/mol. The lowest BCUT2D eigenvalue weighted by Crippen LogP contribution is -2.41. The number of H-pyrrole nitrogens is 1. The number of aromatic nitrogens is 5. The van der Waals surface area contributed by atoms with E-state index in [1.165, 1.54) is 0 Å². The van der Waals surface area contributed by atoms with Gasteiger partial charge >= 0.3 is 0 Å². The summed E-state index contributed by atoms with van der Waals surface area (Å²) in [4.78, 5) is 27.3. The lowest BCUT2D eigenvalue weighted by Gasteiger charge is -2.34. The number of aromatic amines is 1. The maximum atomic E-state index is 13.1. The van der Waals surface area contributed by atoms with Gasteiger partial charge in [-0.3, -0.25) is 14.5 Å². The van der Waals surface area contributed by atoms with Gasteiger partial charge in [0.2, 0.25) is 5.91 Å². The lowest BCUT2D eigenvalue weighted by molar-refractivity contribution is -0.133. The van der Waals surface area contributed by atoms with Crippen LogP contribution < -0.4 is 0 Å². The van der Waals surface area contributed by atoms with Gasteiger partial charge < -0.3 is 9.88 Å². The van der Waals surface area contributed by atoms with Crippen LogP contribution in [0.2, 0.25) is 0 Å². The Labute approximate surface area is 158 Å². The Morgan fingerprint density at radius 3 is 2.85 bits per heavy atom. The van der Waals surface area contributed by atoms with E-state index in [0.29, 0.717) is 19.4 Å². The topological polar surface area (TPSA) is 79.7 Å². The van der Waals surface area contributed by atoms with Crippen LogP contribution in [0.15, 0.2) is 30.7 Å². The third-order valence-corrected chi connectivity index (χ3v) is 5.46. The molecule has 1 atom stereocenters. The minimum Gasteiger partial charge on any atom is -0.348 e. The van der Waals surface area contributed by atoms with E-state index in [1.54, 1.807) is 12.5 Å². The van der Waals surface area contributed by atoms with E-state index in [9.17, 15) is 4.79 Å². The molecule has 0 radical (unpaired) electrons. The zero-order valence-electron chi connectivity index (χ0n) is 15.9. The molecule has 0 saturated carbocycles. The van der Waals surface area contributed by atoms with E-state index >= 15 is 0 Å². The molecule has 7 nitrogen and oxygen atoms in total. The number of nitrogens with zero attached hydrogens (tertiary/aromatic N) is 5. The number of hydrogen-bond acceptors (Lipinski definition) is 4. The summed E-state index contributed by atoms with van der Waals surface area (Å²) < 4.78 is 1.88. The van der Waals surface area contributed by atoms with E-state index in [1.807, 2.05) is 48.7 Å².